The molecule has 0 amide bonds. The minimum Gasteiger partial charge on any atom is -0.287 e. The fraction of sp³-hybridized carbons (Fsp3) is 0.0238. The van der Waals surface area contributed by atoms with Crippen molar-refractivity contribution in [1.82, 2.24) is 4.98 Å². The molecule has 0 bridgehead atoms. The monoisotopic (exact) mass is 954 g/mol. The topological polar surface area (TPSA) is 33.8 Å². The van der Waals surface area contributed by atoms with Gasteiger partial charge in [0.1, 0.15) is 52.7 Å². The number of aromatic nitrogens is 2. The van der Waals surface area contributed by atoms with Crippen molar-refractivity contribution in [3.63, 3.8) is 0 Å². The molecule has 6 aromatic carbocycles. The van der Waals surface area contributed by atoms with E-state index in [2.05, 4.69) is 4.98 Å². The number of carbonyl (C=O) groups excluding carboxylic acids is 1. The van der Waals surface area contributed by atoms with Crippen molar-refractivity contribution in [3.05, 3.63) is 201 Å². The molecule has 0 spiro atoms. The van der Waals surface area contributed by atoms with Gasteiger partial charge in [-0.1, -0.05) is 48.5 Å². The van der Waals surface area contributed by atoms with Crippen molar-refractivity contribution < 1.29 is 97.2 Å². The molecule has 0 radical (unpaired) electrons. The zero-order valence-electron chi connectivity index (χ0n) is 31.7. The minimum absolute atomic E-state index is 0.0870. The zero-order chi connectivity index (χ0) is 48.8. The second-order valence-corrected chi connectivity index (χ2v) is 13.5. The van der Waals surface area contributed by atoms with E-state index in [1.54, 1.807) is 12.4 Å². The number of halogens is 20. The highest BCUT2D eigenvalue weighted by atomic mass is 19.2. The van der Waals surface area contributed by atoms with Crippen molar-refractivity contribution >= 4 is 33.8 Å². The summed E-state index contributed by atoms with van der Waals surface area (Å²) in [5.74, 6) is -71.3. The summed E-state index contributed by atoms with van der Waals surface area (Å²) >= 11 is 0. The number of hydrogen-bond acceptors (Lipinski definition) is 2. The summed E-state index contributed by atoms with van der Waals surface area (Å²) in [5, 5.41) is 0. The van der Waals surface area contributed by atoms with E-state index in [9.17, 15) is 57.5 Å². The normalized spacial score (nSPS) is 11.5. The number of Topliss-reactive ketones (excluding diaryl/α,β-unsaturated/α-hetero) is 1. The molecule has 0 aliphatic rings. The Bertz CT molecular complexity index is 2700. The number of carbonyl (C=O) groups is 1. The van der Waals surface area contributed by atoms with Gasteiger partial charge < -0.3 is 0 Å². The molecule has 0 saturated heterocycles. The average molecular weight is 954 g/mol. The Balaban J connectivity index is 0.000000284. The molecular weight excluding hydrogens is 939 g/mol. The molecule has 3 nitrogen and oxygen atoms in total. The molecule has 1 heterocycles. The Morgan fingerprint density at radius 2 is 0.667 bits per heavy atom. The molecule has 0 unspecified atom stereocenters. The summed E-state index contributed by atoms with van der Waals surface area (Å²) in [6.07, 6.45) is -1.90. The van der Waals surface area contributed by atoms with Crippen LogP contribution in [0.3, 0.4) is 0 Å². The first-order valence-electron chi connectivity index (χ1n) is 17.7. The molecule has 7 aromatic rings. The molecule has 7 rings (SSSR count). The van der Waals surface area contributed by atoms with Gasteiger partial charge in [0.15, 0.2) is 76.0 Å². The Morgan fingerprint density at radius 3 is 0.970 bits per heavy atom. The lowest BCUT2D eigenvalue weighted by Crippen LogP contribution is -2.81. The van der Waals surface area contributed by atoms with E-state index in [0.717, 1.165) is 16.8 Å². The predicted molar refractivity (Wildman–Crippen MR) is 190 cm³/mol. The third-order valence-electron chi connectivity index (χ3n) is 10.0. The second-order valence-electron chi connectivity index (χ2n) is 13.5. The highest BCUT2D eigenvalue weighted by Crippen LogP contribution is 2.31. The highest BCUT2D eigenvalue weighted by Gasteiger charge is 2.52. The van der Waals surface area contributed by atoms with Crippen LogP contribution in [0.2, 0.25) is 0 Å². The predicted octanol–water partition coefficient (Wildman–Crippen LogP) is 8.77. The van der Waals surface area contributed by atoms with Crippen LogP contribution in [-0.4, -0.2) is 16.9 Å². The third kappa shape index (κ3) is 7.65. The molecule has 0 saturated carbocycles. The van der Waals surface area contributed by atoms with Crippen LogP contribution in [0.1, 0.15) is 10.4 Å². The Morgan fingerprint density at radius 1 is 0.394 bits per heavy atom. The van der Waals surface area contributed by atoms with Gasteiger partial charge >= 0.3 is 0 Å². The van der Waals surface area contributed by atoms with Crippen molar-refractivity contribution in [2.75, 3.05) is 0 Å². The lowest BCUT2D eigenvalue weighted by atomic mass is 9.12. The SMILES string of the molecule is Fc1c(F)c(F)c([B-](c2c(F)c(F)c(F)c(F)c2F)(c2c(F)c(F)c(F)c(F)c2F)c2c(F)c(F)c(F)c(F)c2F)c(F)c1F.O=C(C[n+]1ccncc1-c1ccccc1)c1ccccc1. The van der Waals surface area contributed by atoms with Crippen LogP contribution in [0.25, 0.3) is 11.3 Å². The average Bonchev–Trinajstić information content (AvgIpc) is 3.32. The van der Waals surface area contributed by atoms with E-state index < -0.39 is 144 Å². The van der Waals surface area contributed by atoms with E-state index in [4.69, 9.17) is 0 Å². The summed E-state index contributed by atoms with van der Waals surface area (Å²) in [4.78, 5) is 16.5. The standard InChI is InChI=1S/C24BF20.C18H15N2O/c26-5-1(6(27)14(35)21(42)13(5)34)25(2-7(28)15(36)22(43)16(37)8(2)29,3-9(30)17(38)23(44)18(39)10(3)31)4-11(32)19(40)24(45)20(41)12(4)33;21-18(16-9-5-2-6-10-16)14-20-12-11-19-13-17(20)15-7-3-1-4-8-15/h;1-13H,14H2/q-1;+1. The molecule has 0 N–H and O–H groups in total. The van der Waals surface area contributed by atoms with Crippen LogP contribution in [0.4, 0.5) is 87.8 Å². The van der Waals surface area contributed by atoms with Crippen LogP contribution in [0.5, 0.6) is 0 Å². The van der Waals surface area contributed by atoms with E-state index >= 15 is 35.1 Å². The molecule has 0 aliphatic carbocycles. The quantitative estimate of drug-likeness (QED) is 0.0382. The molecule has 0 fully saturated rings. The van der Waals surface area contributed by atoms with Crippen LogP contribution in [-0.2, 0) is 6.54 Å². The van der Waals surface area contributed by atoms with E-state index in [0.29, 0.717) is 6.54 Å². The number of ketones is 1. The second kappa shape index (κ2) is 18.3. The molecule has 24 heteroatoms. The molecule has 66 heavy (non-hydrogen) atoms. The van der Waals surface area contributed by atoms with Gasteiger partial charge in [-0.05, 0) is 12.1 Å². The van der Waals surface area contributed by atoms with Gasteiger partial charge in [0.25, 0.3) is 0 Å². The molecule has 342 valence electrons. The van der Waals surface area contributed by atoms with E-state index in [1.807, 2.05) is 71.4 Å². The van der Waals surface area contributed by atoms with Crippen molar-refractivity contribution in [1.29, 1.82) is 0 Å². The molecular formula is C42H15BF20N2O. The lowest BCUT2D eigenvalue weighted by molar-refractivity contribution is -0.672. The lowest BCUT2D eigenvalue weighted by Gasteiger charge is -2.44. The van der Waals surface area contributed by atoms with Gasteiger partial charge in [-0.25, -0.2) is 87.8 Å². The summed E-state index contributed by atoms with van der Waals surface area (Å²) < 4.78 is 296. The summed E-state index contributed by atoms with van der Waals surface area (Å²) in [6.45, 7) is 0.302. The van der Waals surface area contributed by atoms with Gasteiger partial charge in [-0.3, -0.25) is 9.78 Å². The minimum atomic E-state index is -7.22. The van der Waals surface area contributed by atoms with Crippen LogP contribution >= 0.6 is 0 Å². The van der Waals surface area contributed by atoms with Gasteiger partial charge in [0.2, 0.25) is 18.0 Å². The fourth-order valence-corrected chi connectivity index (χ4v) is 7.12. The van der Waals surface area contributed by atoms with Gasteiger partial charge in [-0.2, -0.15) is 4.57 Å². The summed E-state index contributed by atoms with van der Waals surface area (Å²) in [7, 11) is 0. The first-order chi connectivity index (χ1) is 31.0. The van der Waals surface area contributed by atoms with E-state index in [1.165, 1.54) is 0 Å². The third-order valence-corrected chi connectivity index (χ3v) is 10.0. The smallest absolute Gasteiger partial charge is 0.231 e. The van der Waals surface area contributed by atoms with E-state index in [-0.39, 0.29) is 5.78 Å². The molecule has 0 aliphatic heterocycles. The number of rotatable bonds is 8. The Labute approximate surface area is 354 Å². The Hall–Kier alpha value is -7.27. The van der Waals surface area contributed by atoms with Gasteiger partial charge in [0, 0.05) is 11.1 Å². The largest absolute Gasteiger partial charge is 0.287 e. The summed E-state index contributed by atoms with van der Waals surface area (Å²) in [5.41, 5.74) is -11.6. The van der Waals surface area contributed by atoms with Crippen molar-refractivity contribution in [2.24, 2.45) is 0 Å². The maximum atomic E-state index is 15.4. The maximum absolute atomic E-state index is 15.4. The van der Waals surface area contributed by atoms with Crippen molar-refractivity contribution in [2.45, 2.75) is 6.54 Å². The molecule has 1 aromatic heterocycles. The summed E-state index contributed by atoms with van der Waals surface area (Å²) in [6, 6.07) is 19.3. The number of benzene rings is 6. The number of hydrogen-bond donors (Lipinski definition) is 0. The first kappa shape index (κ1) is 48.2. The number of nitrogens with zero attached hydrogens (tertiary/aromatic N) is 2. The highest BCUT2D eigenvalue weighted by molar-refractivity contribution is 7.20. The first-order valence-corrected chi connectivity index (χ1v) is 17.7. The molecule has 0 atom stereocenters. The fourth-order valence-electron chi connectivity index (χ4n) is 7.12. The zero-order valence-corrected chi connectivity index (χ0v) is 31.7. The van der Waals surface area contributed by atoms with Gasteiger partial charge in [-0.15, -0.1) is 21.9 Å². The van der Waals surface area contributed by atoms with Crippen LogP contribution in [0.15, 0.2) is 79.3 Å². The van der Waals surface area contributed by atoms with Crippen LogP contribution < -0.4 is 26.4 Å². The maximum Gasteiger partial charge on any atom is 0.231 e. The van der Waals surface area contributed by atoms with Crippen LogP contribution in [0, 0.1) is 116 Å². The van der Waals surface area contributed by atoms with Gasteiger partial charge in [0.05, 0.1) is 12.4 Å². The Kier molecular flexibility index (Phi) is 13.4. The van der Waals surface area contributed by atoms with Crippen molar-refractivity contribution in [3.8, 4) is 11.3 Å².